The molecular formula is C33H34N6O5. The van der Waals surface area contributed by atoms with E-state index in [1.165, 1.54) is 11.2 Å². The second kappa shape index (κ2) is 13.1. The Morgan fingerprint density at radius 2 is 1.70 bits per heavy atom. The summed E-state index contributed by atoms with van der Waals surface area (Å²) in [5, 5.41) is 9.75. The van der Waals surface area contributed by atoms with E-state index in [0.717, 1.165) is 16.7 Å². The minimum Gasteiger partial charge on any atom is -0.457 e. The Morgan fingerprint density at radius 3 is 2.45 bits per heavy atom. The average molecular weight is 595 g/mol. The van der Waals surface area contributed by atoms with E-state index < -0.39 is 6.04 Å². The number of aryl methyl sites for hydroxylation is 1. The first-order valence-electron chi connectivity index (χ1n) is 14.7. The number of carbonyl (C=O) groups excluding carboxylic acids is 3. The molecule has 0 aliphatic carbocycles. The number of fused-ring (bicyclic) bond motifs is 5. The summed E-state index contributed by atoms with van der Waals surface area (Å²) in [6, 6.07) is 22.1. The third kappa shape index (κ3) is 6.95. The largest absolute Gasteiger partial charge is 0.457 e. The van der Waals surface area contributed by atoms with Crippen molar-refractivity contribution in [3.05, 3.63) is 95.8 Å². The van der Waals surface area contributed by atoms with E-state index in [9.17, 15) is 14.4 Å². The molecule has 0 spiro atoms. The maximum Gasteiger partial charge on any atom is 0.253 e. The van der Waals surface area contributed by atoms with Crippen LogP contribution in [-0.2, 0) is 27.4 Å². The van der Waals surface area contributed by atoms with Crippen molar-refractivity contribution in [2.24, 2.45) is 0 Å². The molecule has 4 aromatic rings. The normalized spacial score (nSPS) is 19.7. The lowest BCUT2D eigenvalue weighted by atomic mass is 10.00. The van der Waals surface area contributed by atoms with Crippen molar-refractivity contribution in [1.29, 1.82) is 0 Å². The van der Waals surface area contributed by atoms with Crippen LogP contribution in [0, 0.1) is 0 Å². The number of piperidine rings is 1. The Bertz CT molecular complexity index is 1620. The minimum absolute atomic E-state index is 0.0930. The molecule has 2 aliphatic rings. The van der Waals surface area contributed by atoms with E-state index in [1.807, 2.05) is 60.7 Å². The number of benzene rings is 3. The van der Waals surface area contributed by atoms with Crippen LogP contribution in [-0.4, -0.2) is 81.5 Å². The Hall–Kier alpha value is -5.03. The topological polar surface area (TPSA) is 130 Å². The highest BCUT2D eigenvalue weighted by atomic mass is 16.5. The summed E-state index contributed by atoms with van der Waals surface area (Å²) in [5.74, 6) is 1.41. The predicted molar refractivity (Wildman–Crippen MR) is 162 cm³/mol. The number of carbonyl (C=O) groups is 3. The fraction of sp³-hybridized carbons (Fsp3) is 0.303. The van der Waals surface area contributed by atoms with Crippen molar-refractivity contribution < 1.29 is 23.9 Å². The number of hydrogen-bond acceptors (Lipinski definition) is 7. The lowest BCUT2D eigenvalue weighted by molar-refractivity contribution is -0.135. The van der Waals surface area contributed by atoms with Gasteiger partial charge in [-0.2, -0.15) is 5.10 Å². The van der Waals surface area contributed by atoms with E-state index in [4.69, 9.17) is 9.47 Å². The number of rotatable bonds is 2. The van der Waals surface area contributed by atoms with Crippen LogP contribution < -0.4 is 10.1 Å². The lowest BCUT2D eigenvalue weighted by Gasteiger charge is -2.39. The van der Waals surface area contributed by atoms with Gasteiger partial charge in [0.2, 0.25) is 11.8 Å². The molecule has 6 rings (SSSR count). The minimum atomic E-state index is -0.463. The Kier molecular flexibility index (Phi) is 8.64. The second-order valence-corrected chi connectivity index (χ2v) is 11.1. The van der Waals surface area contributed by atoms with Gasteiger partial charge in [0.1, 0.15) is 17.8 Å². The van der Waals surface area contributed by atoms with Gasteiger partial charge in [-0.3, -0.25) is 19.5 Å². The molecule has 3 heterocycles. The van der Waals surface area contributed by atoms with E-state index in [1.54, 1.807) is 24.1 Å². The van der Waals surface area contributed by atoms with Crippen LogP contribution in [0.1, 0.15) is 34.3 Å². The quantitative estimate of drug-likeness (QED) is 0.363. The van der Waals surface area contributed by atoms with E-state index >= 15 is 0 Å². The summed E-state index contributed by atoms with van der Waals surface area (Å²) in [6.07, 6.45) is 2.41. The zero-order valence-corrected chi connectivity index (χ0v) is 24.4. The van der Waals surface area contributed by atoms with Gasteiger partial charge in [-0.05, 0) is 60.4 Å². The van der Waals surface area contributed by atoms with Crippen molar-refractivity contribution >= 4 is 17.7 Å². The molecule has 0 radical (unpaired) electrons. The number of H-pyrrole nitrogens is 1. The molecule has 1 saturated heterocycles. The molecule has 1 aromatic heterocycles. The Morgan fingerprint density at radius 1 is 0.955 bits per heavy atom. The highest BCUT2D eigenvalue weighted by Crippen LogP contribution is 2.26. The number of likely N-dealkylation sites (tertiary alicyclic amines) is 1. The van der Waals surface area contributed by atoms with Crippen LogP contribution in [0.4, 0.5) is 0 Å². The summed E-state index contributed by atoms with van der Waals surface area (Å²) in [5.41, 5.74) is 3.26. The average Bonchev–Trinajstić information content (AvgIpc) is 3.58. The number of nitrogens with zero attached hydrogens (tertiary/aromatic N) is 4. The number of aromatic nitrogens is 3. The van der Waals surface area contributed by atoms with Crippen LogP contribution in [0.3, 0.4) is 0 Å². The van der Waals surface area contributed by atoms with Gasteiger partial charge in [0, 0.05) is 37.7 Å². The van der Waals surface area contributed by atoms with Crippen LogP contribution in [0.2, 0.25) is 0 Å². The van der Waals surface area contributed by atoms with Gasteiger partial charge in [0.05, 0.1) is 25.3 Å². The molecule has 2 atom stereocenters. The molecule has 11 nitrogen and oxygen atoms in total. The number of nitrogens with one attached hydrogen (secondary N) is 2. The van der Waals surface area contributed by atoms with Crippen molar-refractivity contribution in [2.75, 3.05) is 26.7 Å². The van der Waals surface area contributed by atoms with Crippen LogP contribution in [0.25, 0.3) is 11.4 Å². The third-order valence-electron chi connectivity index (χ3n) is 7.93. The van der Waals surface area contributed by atoms with Crippen molar-refractivity contribution in [3.63, 3.8) is 0 Å². The SMILES string of the molecule is CN1CC(=O)N[C@H]2CN(C(=O)c3ccc(-c4ncn[nH]4)cc3)CC[C@H]2OCc2cccc(c2)Oc2cccc(c2)CCC1=O. The molecule has 4 bridgehead atoms. The fourth-order valence-electron chi connectivity index (χ4n) is 5.55. The third-order valence-corrected chi connectivity index (χ3v) is 7.93. The number of amides is 3. The van der Waals surface area contributed by atoms with Crippen molar-refractivity contribution in [3.8, 4) is 22.9 Å². The maximum atomic E-state index is 13.5. The first-order valence-corrected chi connectivity index (χ1v) is 14.7. The highest BCUT2D eigenvalue weighted by Gasteiger charge is 2.34. The maximum absolute atomic E-state index is 13.5. The molecule has 44 heavy (non-hydrogen) atoms. The summed E-state index contributed by atoms with van der Waals surface area (Å²) in [7, 11) is 1.62. The Labute approximate surface area is 255 Å². The van der Waals surface area contributed by atoms with E-state index in [2.05, 4.69) is 20.5 Å². The Balaban J connectivity index is 1.20. The van der Waals surface area contributed by atoms with Gasteiger partial charge in [-0.15, -0.1) is 0 Å². The fourth-order valence-corrected chi connectivity index (χ4v) is 5.55. The molecule has 226 valence electrons. The summed E-state index contributed by atoms with van der Waals surface area (Å²) in [6.45, 7) is 0.958. The van der Waals surface area contributed by atoms with Crippen LogP contribution in [0.15, 0.2) is 79.1 Å². The first-order chi connectivity index (χ1) is 21.4. The summed E-state index contributed by atoms with van der Waals surface area (Å²) >= 11 is 0. The monoisotopic (exact) mass is 594 g/mol. The zero-order valence-electron chi connectivity index (χ0n) is 24.4. The standard InChI is InChI=1S/C33H34N6O5/c1-38-19-30(40)36-28-18-39(33(42)25-11-9-24(10-12-25)32-34-21-35-37-32)15-14-29(28)43-20-23-5-3-7-27(17-23)44-26-6-2-4-22(16-26)8-13-31(38)41/h2-7,9-12,16-17,21,28-29H,8,13-15,18-20H2,1H3,(H,36,40)(H,34,35,37)/t28-,29+/m0/s1. The smallest absolute Gasteiger partial charge is 0.253 e. The summed E-state index contributed by atoms with van der Waals surface area (Å²) < 4.78 is 12.5. The zero-order chi connectivity index (χ0) is 30.5. The predicted octanol–water partition coefficient (Wildman–Crippen LogP) is 3.58. The van der Waals surface area contributed by atoms with E-state index in [0.29, 0.717) is 48.9 Å². The van der Waals surface area contributed by atoms with Crippen molar-refractivity contribution in [1.82, 2.24) is 30.3 Å². The molecular weight excluding hydrogens is 560 g/mol. The van der Waals surface area contributed by atoms with Crippen molar-refractivity contribution in [2.45, 2.75) is 38.0 Å². The number of likely N-dealkylation sites (N-methyl/N-ethyl adjacent to an activating group) is 1. The second-order valence-electron chi connectivity index (χ2n) is 11.1. The molecule has 2 N–H and O–H groups in total. The molecule has 3 aromatic carbocycles. The summed E-state index contributed by atoms with van der Waals surface area (Å²) in [4.78, 5) is 46.9. The van der Waals surface area contributed by atoms with Gasteiger partial charge < -0.3 is 24.6 Å². The van der Waals surface area contributed by atoms with Gasteiger partial charge in [0.15, 0.2) is 5.82 Å². The molecule has 11 heteroatoms. The number of hydrogen-bond donors (Lipinski definition) is 2. The first kappa shape index (κ1) is 29.1. The van der Waals surface area contributed by atoms with Gasteiger partial charge in [-0.25, -0.2) is 4.98 Å². The molecule has 1 fully saturated rings. The van der Waals surface area contributed by atoms with Gasteiger partial charge >= 0.3 is 0 Å². The lowest BCUT2D eigenvalue weighted by Crippen LogP contribution is -2.58. The number of ether oxygens (including phenoxy) is 2. The van der Waals surface area contributed by atoms with Crippen LogP contribution in [0.5, 0.6) is 11.5 Å². The van der Waals surface area contributed by atoms with Gasteiger partial charge in [-0.1, -0.05) is 36.4 Å². The van der Waals surface area contributed by atoms with E-state index in [-0.39, 0.29) is 43.3 Å². The molecule has 2 aliphatic heterocycles. The molecule has 0 unspecified atom stereocenters. The number of aromatic amines is 1. The molecule has 3 amide bonds. The van der Waals surface area contributed by atoms with Gasteiger partial charge in [0.25, 0.3) is 5.91 Å². The highest BCUT2D eigenvalue weighted by molar-refractivity contribution is 5.95. The molecule has 0 saturated carbocycles. The van der Waals surface area contributed by atoms with Crippen LogP contribution >= 0.6 is 0 Å².